The molecule has 27 heavy (non-hydrogen) atoms. The van der Waals surface area contributed by atoms with Crippen LogP contribution in [-0.4, -0.2) is 25.8 Å². The maximum atomic E-state index is 12.5. The molecule has 1 N–H and O–H groups in total. The molecule has 1 aliphatic carbocycles. The molecule has 2 aromatic carbocycles. The van der Waals surface area contributed by atoms with Crippen LogP contribution in [0.1, 0.15) is 35.1 Å². The number of anilines is 1. The van der Waals surface area contributed by atoms with Crippen molar-refractivity contribution in [3.63, 3.8) is 0 Å². The van der Waals surface area contributed by atoms with Crippen molar-refractivity contribution >= 4 is 21.6 Å². The van der Waals surface area contributed by atoms with E-state index in [1.807, 2.05) is 54.3 Å². The molecule has 1 amide bonds. The van der Waals surface area contributed by atoms with Crippen molar-refractivity contribution in [2.24, 2.45) is 5.92 Å². The van der Waals surface area contributed by atoms with Gasteiger partial charge in [-0.1, -0.05) is 35.9 Å². The van der Waals surface area contributed by atoms with Crippen molar-refractivity contribution in [3.8, 4) is 0 Å². The monoisotopic (exact) mass is 384 g/mol. The fourth-order valence-electron chi connectivity index (χ4n) is 3.52. The molecule has 2 aliphatic rings. The quantitative estimate of drug-likeness (QED) is 0.861. The van der Waals surface area contributed by atoms with E-state index < -0.39 is 10.0 Å². The van der Waals surface area contributed by atoms with Gasteiger partial charge in [0.15, 0.2) is 0 Å². The van der Waals surface area contributed by atoms with Crippen molar-refractivity contribution in [1.29, 1.82) is 0 Å². The number of amides is 1. The molecule has 142 valence electrons. The number of benzene rings is 2. The lowest BCUT2D eigenvalue weighted by atomic mass is 9.99. The van der Waals surface area contributed by atoms with Gasteiger partial charge in [-0.25, -0.2) is 8.42 Å². The van der Waals surface area contributed by atoms with Crippen molar-refractivity contribution in [2.45, 2.75) is 38.5 Å². The molecule has 4 rings (SSSR count). The molecule has 1 saturated carbocycles. The van der Waals surface area contributed by atoms with Crippen LogP contribution in [0.5, 0.6) is 0 Å². The third-order valence-electron chi connectivity index (χ3n) is 5.21. The summed E-state index contributed by atoms with van der Waals surface area (Å²) in [5.74, 6) is 0.394. The zero-order chi connectivity index (χ0) is 19.0. The van der Waals surface area contributed by atoms with Crippen LogP contribution in [0.4, 0.5) is 5.69 Å². The molecule has 0 aromatic heterocycles. The van der Waals surface area contributed by atoms with Crippen molar-refractivity contribution in [2.75, 3.05) is 11.3 Å². The van der Waals surface area contributed by atoms with Gasteiger partial charge in [-0.05, 0) is 55.0 Å². The van der Waals surface area contributed by atoms with Gasteiger partial charge in [-0.15, -0.1) is 0 Å². The summed E-state index contributed by atoms with van der Waals surface area (Å²) >= 11 is 0. The summed E-state index contributed by atoms with van der Waals surface area (Å²) < 4.78 is 27.7. The summed E-state index contributed by atoms with van der Waals surface area (Å²) in [6, 6.07) is 13.1. The van der Waals surface area contributed by atoms with E-state index in [1.54, 1.807) is 0 Å². The van der Waals surface area contributed by atoms with Gasteiger partial charge in [-0.3, -0.25) is 9.52 Å². The fraction of sp³-hybridized carbons (Fsp3) is 0.381. The van der Waals surface area contributed by atoms with Crippen LogP contribution < -0.4 is 4.72 Å². The Hall–Kier alpha value is -2.34. The Balaban J connectivity index is 1.47. The molecule has 0 atom stereocenters. The van der Waals surface area contributed by atoms with E-state index in [4.69, 9.17) is 0 Å². The number of nitrogens with one attached hydrogen (secondary N) is 1. The molecular weight excluding hydrogens is 360 g/mol. The van der Waals surface area contributed by atoms with E-state index >= 15 is 0 Å². The largest absolute Gasteiger partial charge is 0.338 e. The van der Waals surface area contributed by atoms with Crippen molar-refractivity contribution < 1.29 is 13.2 Å². The molecule has 1 fully saturated rings. The number of carbonyl (C=O) groups excluding carboxylic acids is 1. The van der Waals surface area contributed by atoms with Gasteiger partial charge in [0, 0.05) is 24.7 Å². The first-order chi connectivity index (χ1) is 12.9. The summed E-state index contributed by atoms with van der Waals surface area (Å²) in [5, 5.41) is 0. The van der Waals surface area contributed by atoms with Crippen LogP contribution in [0.25, 0.3) is 0 Å². The van der Waals surface area contributed by atoms with E-state index in [0.29, 0.717) is 12.2 Å². The Kier molecular flexibility index (Phi) is 4.68. The lowest BCUT2D eigenvalue weighted by Crippen LogP contribution is -2.36. The highest BCUT2D eigenvalue weighted by molar-refractivity contribution is 7.91. The van der Waals surface area contributed by atoms with Crippen molar-refractivity contribution in [3.05, 3.63) is 64.7 Å². The third kappa shape index (κ3) is 4.33. The first-order valence-electron chi connectivity index (χ1n) is 9.36. The number of fused-ring (bicyclic) bond motifs is 1. The molecule has 2 aromatic rings. The Morgan fingerprint density at radius 3 is 2.56 bits per heavy atom. The van der Waals surface area contributed by atoms with Crippen LogP contribution in [-0.2, 0) is 33.5 Å². The van der Waals surface area contributed by atoms with E-state index in [2.05, 4.69) is 4.72 Å². The summed E-state index contributed by atoms with van der Waals surface area (Å²) in [6.07, 6.45) is 2.83. The highest BCUT2D eigenvalue weighted by atomic mass is 32.2. The number of hydrogen-bond donors (Lipinski definition) is 1. The molecule has 0 saturated heterocycles. The molecule has 5 nitrogen and oxygen atoms in total. The van der Waals surface area contributed by atoms with Crippen LogP contribution in [0.2, 0.25) is 0 Å². The van der Waals surface area contributed by atoms with Gasteiger partial charge >= 0.3 is 0 Å². The maximum absolute atomic E-state index is 12.5. The van der Waals surface area contributed by atoms with Gasteiger partial charge in [0.1, 0.15) is 0 Å². The topological polar surface area (TPSA) is 66.5 Å². The first kappa shape index (κ1) is 18.0. The van der Waals surface area contributed by atoms with Gasteiger partial charge < -0.3 is 4.90 Å². The molecule has 0 bridgehead atoms. The highest BCUT2D eigenvalue weighted by Crippen LogP contribution is 2.33. The smallest absolute Gasteiger partial charge is 0.236 e. The molecule has 0 spiro atoms. The van der Waals surface area contributed by atoms with Gasteiger partial charge in [-0.2, -0.15) is 0 Å². The highest BCUT2D eigenvalue weighted by Gasteiger charge is 2.34. The Bertz CT molecular complexity index is 963. The van der Waals surface area contributed by atoms with Gasteiger partial charge in [0.25, 0.3) is 0 Å². The zero-order valence-corrected chi connectivity index (χ0v) is 16.3. The number of hydrogen-bond acceptors (Lipinski definition) is 3. The fourth-order valence-corrected chi connectivity index (χ4v) is 4.71. The Morgan fingerprint density at radius 1 is 1.11 bits per heavy atom. The lowest BCUT2D eigenvalue weighted by Gasteiger charge is -2.29. The number of carbonyl (C=O) groups is 1. The second-order valence-electron chi connectivity index (χ2n) is 7.61. The standard InChI is InChI=1S/C21H24N2O3S/c1-15-2-4-16(5-3-15)14-27(25,26)22-20-9-8-17-10-11-23(13-19(17)12-20)21(24)18-6-7-18/h2-5,8-9,12,18,22H,6-7,10-11,13-14H2,1H3. The SMILES string of the molecule is Cc1ccc(CS(=O)(=O)Nc2ccc3c(c2)CN(C(=O)C2CC2)CC3)cc1. The summed E-state index contributed by atoms with van der Waals surface area (Å²) in [6.45, 7) is 3.29. The minimum absolute atomic E-state index is 0.0589. The van der Waals surface area contributed by atoms with E-state index in [1.165, 1.54) is 5.56 Å². The van der Waals surface area contributed by atoms with E-state index in [9.17, 15) is 13.2 Å². The molecule has 0 unspecified atom stereocenters. The normalized spacial score (nSPS) is 16.7. The van der Waals surface area contributed by atoms with Gasteiger partial charge in [0.2, 0.25) is 15.9 Å². The average Bonchev–Trinajstić information content (AvgIpc) is 3.47. The lowest BCUT2D eigenvalue weighted by molar-refractivity contribution is -0.133. The minimum atomic E-state index is -3.49. The number of nitrogens with zero attached hydrogens (tertiary/aromatic N) is 1. The molecule has 1 aliphatic heterocycles. The summed E-state index contributed by atoms with van der Waals surface area (Å²) in [5.41, 5.74) is 4.64. The number of rotatable bonds is 5. The van der Waals surface area contributed by atoms with E-state index in [0.717, 1.165) is 42.5 Å². The summed E-state index contributed by atoms with van der Waals surface area (Å²) in [4.78, 5) is 14.2. The molecule has 6 heteroatoms. The number of sulfonamides is 1. The second kappa shape index (κ2) is 7.00. The Labute approximate surface area is 160 Å². The summed E-state index contributed by atoms with van der Waals surface area (Å²) in [7, 11) is -3.49. The van der Waals surface area contributed by atoms with E-state index in [-0.39, 0.29) is 17.6 Å². The Morgan fingerprint density at radius 2 is 1.85 bits per heavy atom. The van der Waals surface area contributed by atoms with Crippen LogP contribution in [0.15, 0.2) is 42.5 Å². The number of aryl methyl sites for hydroxylation is 1. The minimum Gasteiger partial charge on any atom is -0.338 e. The van der Waals surface area contributed by atoms with Crippen LogP contribution in [0.3, 0.4) is 0 Å². The predicted octanol–water partition coefficient (Wildman–Crippen LogP) is 3.23. The third-order valence-corrected chi connectivity index (χ3v) is 6.47. The maximum Gasteiger partial charge on any atom is 0.236 e. The second-order valence-corrected chi connectivity index (χ2v) is 9.34. The molecular formula is C21H24N2O3S. The first-order valence-corrected chi connectivity index (χ1v) is 11.0. The van der Waals surface area contributed by atoms with Gasteiger partial charge in [0.05, 0.1) is 5.75 Å². The van der Waals surface area contributed by atoms with Crippen LogP contribution in [0, 0.1) is 12.8 Å². The van der Waals surface area contributed by atoms with Crippen LogP contribution >= 0.6 is 0 Å². The zero-order valence-electron chi connectivity index (χ0n) is 15.4. The van der Waals surface area contributed by atoms with Crippen molar-refractivity contribution in [1.82, 2.24) is 4.90 Å². The average molecular weight is 385 g/mol. The predicted molar refractivity (Wildman–Crippen MR) is 106 cm³/mol. The molecule has 1 heterocycles. The molecule has 0 radical (unpaired) electrons.